The topological polar surface area (TPSA) is 112 Å². The summed E-state index contributed by atoms with van der Waals surface area (Å²) in [5, 5.41) is 0. The van der Waals surface area contributed by atoms with Crippen LogP contribution < -0.4 is 11.2 Å². The van der Waals surface area contributed by atoms with Gasteiger partial charge in [-0.3, -0.25) is 0 Å². The second-order valence-electron chi connectivity index (χ2n) is 7.93. The van der Waals surface area contributed by atoms with Gasteiger partial charge in [-0.05, 0) is 0 Å². The Bertz CT molecular complexity index is 1060. The van der Waals surface area contributed by atoms with Gasteiger partial charge in [-0.25, -0.2) is 0 Å². The first-order valence-electron chi connectivity index (χ1n) is 9.78. The van der Waals surface area contributed by atoms with Crippen LogP contribution in [0.5, 0.6) is 0 Å². The van der Waals surface area contributed by atoms with E-state index in [-0.39, 0.29) is 25.0 Å². The number of aromatic amines is 1. The van der Waals surface area contributed by atoms with Crippen LogP contribution in [0.2, 0.25) is 0 Å². The molecule has 3 aliphatic rings. The van der Waals surface area contributed by atoms with Crippen LogP contribution in [0.25, 0.3) is 0 Å². The van der Waals surface area contributed by atoms with Gasteiger partial charge < -0.3 is 0 Å². The minimum atomic E-state index is -3.89. The van der Waals surface area contributed by atoms with Gasteiger partial charge in [0.1, 0.15) is 0 Å². The van der Waals surface area contributed by atoms with E-state index in [1.165, 1.54) is 0 Å². The Balaban J connectivity index is 1.26. The summed E-state index contributed by atoms with van der Waals surface area (Å²) in [5.41, 5.74) is -0.856. The van der Waals surface area contributed by atoms with Crippen LogP contribution in [0.4, 0.5) is 4.39 Å². The van der Waals surface area contributed by atoms with Crippen LogP contribution in [-0.4, -0.2) is 39.9 Å². The third-order valence-corrected chi connectivity index (χ3v) is 7.56. The Morgan fingerprint density at radius 2 is 2.03 bits per heavy atom. The van der Waals surface area contributed by atoms with Crippen molar-refractivity contribution in [1.82, 2.24) is 9.55 Å². The van der Waals surface area contributed by atoms with Gasteiger partial charge in [0, 0.05) is 0 Å². The van der Waals surface area contributed by atoms with Gasteiger partial charge in [0.2, 0.25) is 0 Å². The number of benzene rings is 1. The quantitative estimate of drug-likeness (QED) is 0.679. The van der Waals surface area contributed by atoms with E-state index in [9.17, 15) is 18.9 Å². The van der Waals surface area contributed by atoms with Crippen molar-refractivity contribution in [3.05, 3.63) is 68.7 Å². The van der Waals surface area contributed by atoms with E-state index in [4.69, 9.17) is 18.3 Å². The Labute approximate surface area is 171 Å². The van der Waals surface area contributed by atoms with Crippen LogP contribution in [0.15, 0.2) is 46.1 Å². The third kappa shape index (κ3) is 3.64. The molecule has 1 aliphatic carbocycles. The number of fused-ring (bicyclic) bond motifs is 1. The Kier molecular flexibility index (Phi) is 4.89. The van der Waals surface area contributed by atoms with Gasteiger partial charge >= 0.3 is 170 Å². The van der Waals surface area contributed by atoms with Crippen LogP contribution in [0.3, 0.4) is 0 Å². The molecule has 0 unspecified atom stereocenters. The number of rotatable bonds is 5. The number of hydrogen-bond acceptors (Lipinski definition) is 7. The molecular formula is C19H22FN2O7P. The summed E-state index contributed by atoms with van der Waals surface area (Å²) in [5.74, 6) is -1.09. The summed E-state index contributed by atoms with van der Waals surface area (Å²) in [6.45, 7) is 0.314. The molecule has 0 spiro atoms. The van der Waals surface area contributed by atoms with Crippen molar-refractivity contribution in [2.24, 2.45) is 0 Å². The molecule has 3 heterocycles. The third-order valence-electron chi connectivity index (χ3n) is 5.92. The van der Waals surface area contributed by atoms with Gasteiger partial charge in [-0.2, -0.15) is 0 Å². The molecule has 2 N–H and O–H groups in total. The summed E-state index contributed by atoms with van der Waals surface area (Å²) in [6.07, 6.45) is 0.936. The zero-order valence-corrected chi connectivity index (χ0v) is 17.0. The normalized spacial score (nSPS) is 29.9. The molecule has 9 nitrogen and oxygen atoms in total. The predicted molar refractivity (Wildman–Crippen MR) is 104 cm³/mol. The van der Waals surface area contributed by atoms with E-state index in [0.717, 1.165) is 29.2 Å². The fraction of sp³-hybridized carbons (Fsp3) is 0.474. The molecule has 11 heteroatoms. The van der Waals surface area contributed by atoms with Crippen LogP contribution in [0.1, 0.15) is 31.1 Å². The molecular weight excluding hydrogens is 418 g/mol. The molecule has 0 bridgehead atoms. The van der Waals surface area contributed by atoms with Crippen molar-refractivity contribution in [2.75, 3.05) is 13.2 Å². The number of nitrogens with zero attached hydrogens (tertiary/aromatic N) is 1. The molecule has 3 fully saturated rings. The Morgan fingerprint density at radius 1 is 1.27 bits per heavy atom. The van der Waals surface area contributed by atoms with E-state index in [1.54, 1.807) is 0 Å². The Morgan fingerprint density at radius 3 is 2.77 bits per heavy atom. The molecule has 0 radical (unpaired) electrons. The molecule has 0 amide bonds. The van der Waals surface area contributed by atoms with Gasteiger partial charge in [-0.1, -0.05) is 0 Å². The van der Waals surface area contributed by atoms with Crippen molar-refractivity contribution >= 4 is 8.17 Å². The number of H-pyrrole nitrogens is 1. The van der Waals surface area contributed by atoms with Crippen LogP contribution in [-0.2, 0) is 23.7 Å². The summed E-state index contributed by atoms with van der Waals surface area (Å²) in [6, 6.07) is 9.97. The van der Waals surface area contributed by atoms with Crippen molar-refractivity contribution < 1.29 is 27.6 Å². The van der Waals surface area contributed by atoms with E-state index in [1.807, 2.05) is 35.3 Å². The van der Waals surface area contributed by atoms with E-state index >= 15 is 0 Å². The molecule has 3 atom stereocenters. The number of nitrogens with one attached hydrogen (secondary N) is 1. The molecule has 1 saturated carbocycles. The Hall–Kier alpha value is -1.94. The summed E-state index contributed by atoms with van der Waals surface area (Å²) in [7, 11) is -3.89. The monoisotopic (exact) mass is 440 g/mol. The number of ether oxygens (including phenoxy) is 1. The fourth-order valence-corrected chi connectivity index (χ4v) is 5.68. The molecule has 1 aromatic heterocycles. The fourth-order valence-electron chi connectivity index (χ4n) is 4.00. The van der Waals surface area contributed by atoms with Gasteiger partial charge in [0.25, 0.3) is 0 Å². The van der Waals surface area contributed by atoms with E-state index in [2.05, 4.69) is 0 Å². The van der Waals surface area contributed by atoms with Gasteiger partial charge in [-0.15, -0.1) is 0 Å². The summed E-state index contributed by atoms with van der Waals surface area (Å²) in [4.78, 5) is 35.9. The first-order chi connectivity index (χ1) is 14.4. The van der Waals surface area contributed by atoms with Crippen molar-refractivity contribution in [1.29, 1.82) is 0 Å². The van der Waals surface area contributed by atoms with E-state index < -0.39 is 43.7 Å². The average molecular weight is 440 g/mol. The standard InChI is InChI=1S/C19H22FN2O7P/c20-13-9-22(18(24)21-17(13)23)16-8-14-15(28-16)10-26-30(25,29-14)27-11-19(6-7-19)12-4-2-1-3-5-12/h1-5,9,14-16,25,30H,6-8,10-11H2,(H,21,23,24)/t14-,15+,16+/m0/s1. The zero-order valence-electron chi connectivity index (χ0n) is 16.0. The molecule has 30 heavy (non-hydrogen) atoms. The average Bonchev–Trinajstić information content (AvgIpc) is 3.43. The van der Waals surface area contributed by atoms with Crippen molar-refractivity contribution in [3.8, 4) is 0 Å². The maximum absolute atomic E-state index is 13.6. The van der Waals surface area contributed by atoms with Crippen LogP contribution in [0, 0.1) is 5.82 Å². The molecule has 5 rings (SSSR count). The summed E-state index contributed by atoms with van der Waals surface area (Å²) < 4.78 is 37.3. The number of aromatic nitrogens is 2. The second-order valence-corrected chi connectivity index (χ2v) is 9.80. The van der Waals surface area contributed by atoms with Gasteiger partial charge in [0.05, 0.1) is 0 Å². The first kappa shape index (κ1) is 20.0. The minimum absolute atomic E-state index is 0.0306. The maximum atomic E-state index is 13.6. The molecule has 2 saturated heterocycles. The van der Waals surface area contributed by atoms with Crippen LogP contribution >= 0.6 is 8.17 Å². The van der Waals surface area contributed by atoms with E-state index in [0.29, 0.717) is 0 Å². The summed E-state index contributed by atoms with van der Waals surface area (Å²) >= 11 is 0. The molecule has 162 valence electrons. The predicted octanol–water partition coefficient (Wildman–Crippen LogP) is 1.53. The molecule has 1 aromatic carbocycles. The number of hydrogen-bond donors (Lipinski definition) is 2. The molecule has 2 aromatic rings. The van der Waals surface area contributed by atoms with Gasteiger partial charge in [0.15, 0.2) is 0 Å². The van der Waals surface area contributed by atoms with Crippen molar-refractivity contribution in [2.45, 2.75) is 43.1 Å². The second kappa shape index (κ2) is 7.33. The first-order valence-corrected chi connectivity index (χ1v) is 11.4. The molecule has 2 aliphatic heterocycles. The number of halogens is 1. The zero-order chi connectivity index (χ0) is 20.9. The SMILES string of the molecule is O=c1[nH]c(=O)n([C@H]2C[C@@H]3O[PH](O)(OCC4(c5ccccc5)CC4)OC[C@H]3O2)cc1F. The van der Waals surface area contributed by atoms with Crippen molar-refractivity contribution in [3.63, 3.8) is 0 Å².